The Labute approximate surface area is 115 Å². The van der Waals surface area contributed by atoms with Gasteiger partial charge in [0.2, 0.25) is 11.6 Å². The lowest BCUT2D eigenvalue weighted by atomic mass is 10.1. The van der Waals surface area contributed by atoms with Gasteiger partial charge in [-0.25, -0.2) is 18.4 Å². The van der Waals surface area contributed by atoms with Crippen LogP contribution in [0.1, 0.15) is 20.7 Å². The molecule has 106 valence electrons. The number of carbonyl (C=O) groups is 2. The van der Waals surface area contributed by atoms with Crippen LogP contribution < -0.4 is 4.74 Å². The van der Waals surface area contributed by atoms with E-state index in [0.717, 1.165) is 0 Å². The average molecular weight is 294 g/mol. The van der Waals surface area contributed by atoms with E-state index in [1.807, 2.05) is 0 Å². The minimum atomic E-state index is -1.71. The van der Waals surface area contributed by atoms with Crippen molar-refractivity contribution in [3.8, 4) is 11.5 Å². The standard InChI is InChI=1S/C14H5F3O4/c15-9-7-8(14(19)21-13(7)18)10(16)12(11(9)17)20-6-4-2-1-3-5-6/h1-5H. The first-order valence-corrected chi connectivity index (χ1v) is 5.70. The van der Waals surface area contributed by atoms with Crippen molar-refractivity contribution in [2.75, 3.05) is 0 Å². The van der Waals surface area contributed by atoms with Crippen LogP contribution in [0, 0.1) is 17.5 Å². The van der Waals surface area contributed by atoms with Crippen molar-refractivity contribution < 1.29 is 32.2 Å². The molecule has 0 saturated carbocycles. The van der Waals surface area contributed by atoms with Crippen LogP contribution in [0.3, 0.4) is 0 Å². The van der Waals surface area contributed by atoms with Crippen LogP contribution in [0.5, 0.6) is 11.5 Å². The number of hydrogen-bond acceptors (Lipinski definition) is 4. The van der Waals surface area contributed by atoms with Gasteiger partial charge in [0, 0.05) is 0 Å². The Morgan fingerprint density at radius 2 is 1.38 bits per heavy atom. The molecule has 0 radical (unpaired) electrons. The molecule has 0 fully saturated rings. The molecule has 0 aliphatic carbocycles. The highest BCUT2D eigenvalue weighted by Gasteiger charge is 2.41. The van der Waals surface area contributed by atoms with E-state index in [-0.39, 0.29) is 5.75 Å². The molecule has 7 heteroatoms. The van der Waals surface area contributed by atoms with Gasteiger partial charge in [-0.2, -0.15) is 4.39 Å². The Kier molecular flexibility index (Phi) is 2.90. The van der Waals surface area contributed by atoms with Gasteiger partial charge in [0.1, 0.15) is 16.9 Å². The maximum absolute atomic E-state index is 14.1. The number of hydrogen-bond donors (Lipinski definition) is 0. The van der Waals surface area contributed by atoms with Crippen molar-refractivity contribution >= 4 is 11.9 Å². The van der Waals surface area contributed by atoms with Crippen molar-refractivity contribution in [1.82, 2.24) is 0 Å². The number of esters is 2. The molecule has 1 aliphatic heterocycles. The van der Waals surface area contributed by atoms with Gasteiger partial charge >= 0.3 is 11.9 Å². The number of cyclic esters (lactones) is 2. The highest BCUT2D eigenvalue weighted by molar-refractivity contribution is 6.15. The fourth-order valence-electron chi connectivity index (χ4n) is 1.90. The van der Waals surface area contributed by atoms with Gasteiger partial charge < -0.3 is 9.47 Å². The third-order valence-electron chi connectivity index (χ3n) is 2.84. The summed E-state index contributed by atoms with van der Waals surface area (Å²) in [6, 6.07) is 7.47. The summed E-state index contributed by atoms with van der Waals surface area (Å²) in [7, 11) is 0. The highest BCUT2D eigenvalue weighted by atomic mass is 19.2. The lowest BCUT2D eigenvalue weighted by Gasteiger charge is -2.10. The summed E-state index contributed by atoms with van der Waals surface area (Å²) in [5, 5.41) is 0. The summed E-state index contributed by atoms with van der Waals surface area (Å²) in [5.74, 6) is -8.77. The molecular weight excluding hydrogens is 289 g/mol. The summed E-state index contributed by atoms with van der Waals surface area (Å²) < 4.78 is 50.8. The van der Waals surface area contributed by atoms with E-state index in [1.165, 1.54) is 24.3 Å². The minimum Gasteiger partial charge on any atom is -0.451 e. The van der Waals surface area contributed by atoms with Crippen LogP contribution in [-0.2, 0) is 4.74 Å². The second-order valence-electron chi connectivity index (χ2n) is 4.11. The lowest BCUT2D eigenvalue weighted by Crippen LogP contribution is -2.06. The van der Waals surface area contributed by atoms with Crippen molar-refractivity contribution in [3.63, 3.8) is 0 Å². The van der Waals surface area contributed by atoms with Gasteiger partial charge in [-0.3, -0.25) is 0 Å². The molecule has 2 aromatic rings. The highest BCUT2D eigenvalue weighted by Crippen LogP contribution is 2.37. The van der Waals surface area contributed by atoms with Gasteiger partial charge in [0.05, 0.1) is 0 Å². The van der Waals surface area contributed by atoms with E-state index in [2.05, 4.69) is 4.74 Å². The third kappa shape index (κ3) is 1.94. The fourth-order valence-corrected chi connectivity index (χ4v) is 1.90. The summed E-state index contributed by atoms with van der Waals surface area (Å²) >= 11 is 0. The van der Waals surface area contributed by atoms with Crippen molar-refractivity contribution in [2.45, 2.75) is 0 Å². The van der Waals surface area contributed by atoms with Gasteiger partial charge in [0.25, 0.3) is 0 Å². The number of rotatable bonds is 2. The van der Waals surface area contributed by atoms with E-state index < -0.39 is 46.3 Å². The number of fused-ring (bicyclic) bond motifs is 1. The van der Waals surface area contributed by atoms with E-state index in [9.17, 15) is 22.8 Å². The average Bonchev–Trinajstić information content (AvgIpc) is 2.77. The molecule has 0 N–H and O–H groups in total. The molecule has 0 unspecified atom stereocenters. The van der Waals surface area contributed by atoms with Gasteiger partial charge in [0.15, 0.2) is 11.6 Å². The van der Waals surface area contributed by atoms with E-state index in [4.69, 9.17) is 4.74 Å². The fraction of sp³-hybridized carbons (Fsp3) is 0. The Balaban J connectivity index is 2.19. The maximum Gasteiger partial charge on any atom is 0.350 e. The molecular formula is C14H5F3O4. The third-order valence-corrected chi connectivity index (χ3v) is 2.84. The van der Waals surface area contributed by atoms with E-state index in [0.29, 0.717) is 0 Å². The Morgan fingerprint density at radius 1 is 0.810 bits per heavy atom. The molecule has 0 amide bonds. The van der Waals surface area contributed by atoms with Crippen molar-refractivity contribution in [1.29, 1.82) is 0 Å². The summed E-state index contributed by atoms with van der Waals surface area (Å²) in [6.07, 6.45) is 0. The Bertz CT molecular complexity index is 772. The van der Waals surface area contributed by atoms with Crippen LogP contribution in [0.15, 0.2) is 30.3 Å². The Hall–Kier alpha value is -2.83. The predicted molar refractivity (Wildman–Crippen MR) is 62.6 cm³/mol. The molecule has 21 heavy (non-hydrogen) atoms. The maximum atomic E-state index is 14.1. The topological polar surface area (TPSA) is 52.6 Å². The zero-order valence-corrected chi connectivity index (χ0v) is 10.2. The number of carbonyl (C=O) groups excluding carboxylic acids is 2. The largest absolute Gasteiger partial charge is 0.451 e. The number of halogens is 3. The Morgan fingerprint density at radius 3 is 2.00 bits per heavy atom. The van der Waals surface area contributed by atoms with Crippen LogP contribution in [0.2, 0.25) is 0 Å². The van der Waals surface area contributed by atoms with E-state index in [1.54, 1.807) is 6.07 Å². The monoisotopic (exact) mass is 294 g/mol. The normalized spacial score (nSPS) is 13.1. The van der Waals surface area contributed by atoms with Gasteiger partial charge in [-0.05, 0) is 12.1 Å². The molecule has 0 aromatic heterocycles. The first-order valence-electron chi connectivity index (χ1n) is 5.70. The van der Waals surface area contributed by atoms with Crippen molar-refractivity contribution in [2.24, 2.45) is 0 Å². The second kappa shape index (κ2) is 4.62. The predicted octanol–water partition coefficient (Wildman–Crippen LogP) is 3.21. The first-order chi connectivity index (χ1) is 10.0. The summed E-state index contributed by atoms with van der Waals surface area (Å²) in [5.41, 5.74) is -2.03. The van der Waals surface area contributed by atoms with Crippen molar-refractivity contribution in [3.05, 3.63) is 58.9 Å². The summed E-state index contributed by atoms with van der Waals surface area (Å²) in [4.78, 5) is 22.6. The molecule has 2 aromatic carbocycles. The van der Waals surface area contributed by atoms with Gasteiger partial charge in [-0.15, -0.1) is 0 Å². The number of para-hydroxylation sites is 1. The van der Waals surface area contributed by atoms with Gasteiger partial charge in [-0.1, -0.05) is 18.2 Å². The molecule has 4 nitrogen and oxygen atoms in total. The number of ether oxygens (including phenoxy) is 2. The smallest absolute Gasteiger partial charge is 0.350 e. The minimum absolute atomic E-state index is 0.0346. The van der Waals surface area contributed by atoms with Crippen LogP contribution in [0.4, 0.5) is 13.2 Å². The molecule has 1 heterocycles. The molecule has 1 aliphatic rings. The number of benzene rings is 2. The molecule has 0 atom stereocenters. The molecule has 3 rings (SSSR count). The molecule has 0 spiro atoms. The summed E-state index contributed by atoms with van der Waals surface area (Å²) in [6.45, 7) is 0. The zero-order chi connectivity index (χ0) is 15.1. The van der Waals surface area contributed by atoms with E-state index >= 15 is 0 Å². The zero-order valence-electron chi connectivity index (χ0n) is 10.2. The van der Waals surface area contributed by atoms with Crippen LogP contribution in [-0.4, -0.2) is 11.9 Å². The SMILES string of the molecule is O=C1OC(=O)c2c(F)c(Oc3ccccc3)c(F)c(F)c21. The first kappa shape index (κ1) is 13.2. The van der Waals surface area contributed by atoms with Crippen LogP contribution in [0.25, 0.3) is 0 Å². The molecule has 0 saturated heterocycles. The quantitative estimate of drug-likeness (QED) is 0.485. The lowest BCUT2D eigenvalue weighted by molar-refractivity contribution is 0.0440. The molecule has 0 bridgehead atoms. The second-order valence-corrected chi connectivity index (χ2v) is 4.11. The van der Waals surface area contributed by atoms with Crippen LogP contribution >= 0.6 is 0 Å².